The predicted octanol–water partition coefficient (Wildman–Crippen LogP) is 3.17. The Bertz CT molecular complexity index is 742. The Labute approximate surface area is 122 Å². The van der Waals surface area contributed by atoms with Crippen molar-refractivity contribution >= 4 is 22.6 Å². The number of hydrogen-bond donors (Lipinski definition) is 1. The molecule has 21 heavy (non-hydrogen) atoms. The first-order chi connectivity index (χ1) is 10.2. The lowest BCUT2D eigenvalue weighted by Crippen LogP contribution is -2.25. The van der Waals surface area contributed by atoms with Gasteiger partial charge in [0.2, 0.25) is 0 Å². The molecule has 0 saturated heterocycles. The van der Waals surface area contributed by atoms with Crippen molar-refractivity contribution in [3.05, 3.63) is 65.9 Å². The van der Waals surface area contributed by atoms with Crippen LogP contribution in [-0.4, -0.2) is 13.0 Å². The highest BCUT2D eigenvalue weighted by Gasteiger charge is 2.17. The van der Waals surface area contributed by atoms with Crippen LogP contribution in [0.2, 0.25) is 0 Å². The normalized spacial score (nSPS) is 10.8. The van der Waals surface area contributed by atoms with Crippen molar-refractivity contribution in [2.45, 2.75) is 6.54 Å². The van der Waals surface area contributed by atoms with E-state index in [1.54, 1.807) is 18.0 Å². The quantitative estimate of drug-likeness (QED) is 0.801. The molecule has 4 nitrogen and oxygen atoms in total. The van der Waals surface area contributed by atoms with Crippen molar-refractivity contribution in [3.63, 3.8) is 0 Å². The standard InChI is InChI=1S/C17H16N2O2/c1-19(14-8-6-12(11-18)7-9-14)17(20)16-10-13-4-2-3-5-15(13)21-16/h2-10H,11,18H2,1H3. The fourth-order valence-electron chi connectivity index (χ4n) is 2.23. The summed E-state index contributed by atoms with van der Waals surface area (Å²) in [5, 5.41) is 0.924. The van der Waals surface area contributed by atoms with E-state index in [2.05, 4.69) is 0 Å². The van der Waals surface area contributed by atoms with Gasteiger partial charge in [-0.1, -0.05) is 30.3 Å². The summed E-state index contributed by atoms with van der Waals surface area (Å²) in [5.74, 6) is 0.160. The average molecular weight is 280 g/mol. The summed E-state index contributed by atoms with van der Waals surface area (Å²) < 4.78 is 5.61. The summed E-state index contributed by atoms with van der Waals surface area (Å²) >= 11 is 0. The highest BCUT2D eigenvalue weighted by Crippen LogP contribution is 2.22. The number of carbonyl (C=O) groups is 1. The predicted molar refractivity (Wildman–Crippen MR) is 83.3 cm³/mol. The molecule has 0 aliphatic carbocycles. The van der Waals surface area contributed by atoms with Crippen LogP contribution in [0.5, 0.6) is 0 Å². The molecule has 1 heterocycles. The maximum Gasteiger partial charge on any atom is 0.293 e. The number of nitrogens with zero attached hydrogens (tertiary/aromatic N) is 1. The van der Waals surface area contributed by atoms with Gasteiger partial charge in [0.25, 0.3) is 5.91 Å². The SMILES string of the molecule is CN(C(=O)c1cc2ccccc2o1)c1ccc(CN)cc1. The Morgan fingerprint density at radius 1 is 1.14 bits per heavy atom. The second kappa shape index (κ2) is 5.42. The van der Waals surface area contributed by atoms with Crippen LogP contribution in [0.25, 0.3) is 11.0 Å². The van der Waals surface area contributed by atoms with Crippen molar-refractivity contribution < 1.29 is 9.21 Å². The minimum atomic E-state index is -0.174. The molecule has 1 aromatic heterocycles. The zero-order valence-corrected chi connectivity index (χ0v) is 11.7. The fourth-order valence-corrected chi connectivity index (χ4v) is 2.23. The molecule has 0 aliphatic heterocycles. The van der Waals surface area contributed by atoms with E-state index in [9.17, 15) is 4.79 Å². The summed E-state index contributed by atoms with van der Waals surface area (Å²) in [7, 11) is 1.73. The highest BCUT2D eigenvalue weighted by molar-refractivity contribution is 6.05. The van der Waals surface area contributed by atoms with Crippen molar-refractivity contribution in [2.24, 2.45) is 5.73 Å². The van der Waals surface area contributed by atoms with Gasteiger partial charge in [-0.05, 0) is 29.8 Å². The number of benzene rings is 2. The molecule has 2 aromatic carbocycles. The molecule has 0 bridgehead atoms. The number of para-hydroxylation sites is 1. The van der Waals surface area contributed by atoms with E-state index in [0.29, 0.717) is 17.9 Å². The van der Waals surface area contributed by atoms with Crippen LogP contribution >= 0.6 is 0 Å². The number of hydrogen-bond acceptors (Lipinski definition) is 3. The molecule has 3 rings (SSSR count). The maximum atomic E-state index is 12.5. The average Bonchev–Trinajstić information content (AvgIpc) is 2.97. The number of amides is 1. The molecule has 0 unspecified atom stereocenters. The Balaban J connectivity index is 1.89. The van der Waals surface area contributed by atoms with E-state index in [4.69, 9.17) is 10.2 Å². The molecule has 0 radical (unpaired) electrons. The minimum Gasteiger partial charge on any atom is -0.451 e. The summed E-state index contributed by atoms with van der Waals surface area (Å²) in [6, 6.07) is 16.9. The number of carbonyl (C=O) groups excluding carboxylic acids is 1. The van der Waals surface area contributed by atoms with Crippen molar-refractivity contribution in [2.75, 3.05) is 11.9 Å². The van der Waals surface area contributed by atoms with Crippen molar-refractivity contribution in [3.8, 4) is 0 Å². The number of nitrogens with two attached hydrogens (primary N) is 1. The molecule has 0 atom stereocenters. The minimum absolute atomic E-state index is 0.174. The van der Waals surface area contributed by atoms with Gasteiger partial charge in [0.05, 0.1) is 0 Å². The second-order valence-corrected chi connectivity index (χ2v) is 4.88. The van der Waals surface area contributed by atoms with Crippen molar-refractivity contribution in [1.82, 2.24) is 0 Å². The van der Waals surface area contributed by atoms with Gasteiger partial charge < -0.3 is 15.1 Å². The summed E-state index contributed by atoms with van der Waals surface area (Å²) in [6.45, 7) is 0.488. The van der Waals surface area contributed by atoms with Gasteiger partial charge in [-0.2, -0.15) is 0 Å². The third-order valence-corrected chi connectivity index (χ3v) is 3.50. The fraction of sp³-hybridized carbons (Fsp3) is 0.118. The molecule has 2 N–H and O–H groups in total. The molecule has 0 aliphatic rings. The van der Waals surface area contributed by atoms with Gasteiger partial charge in [-0.15, -0.1) is 0 Å². The Morgan fingerprint density at radius 2 is 1.86 bits per heavy atom. The maximum absolute atomic E-state index is 12.5. The Morgan fingerprint density at radius 3 is 2.52 bits per heavy atom. The first-order valence-corrected chi connectivity index (χ1v) is 6.74. The molecule has 0 saturated carbocycles. The van der Waals surface area contributed by atoms with Crippen LogP contribution in [0, 0.1) is 0 Å². The second-order valence-electron chi connectivity index (χ2n) is 4.88. The number of anilines is 1. The molecule has 106 valence electrons. The van der Waals surface area contributed by atoms with Gasteiger partial charge in [-0.25, -0.2) is 0 Å². The third-order valence-electron chi connectivity index (χ3n) is 3.50. The van der Waals surface area contributed by atoms with E-state index in [0.717, 1.165) is 16.6 Å². The lowest BCUT2D eigenvalue weighted by atomic mass is 10.2. The highest BCUT2D eigenvalue weighted by atomic mass is 16.3. The zero-order valence-electron chi connectivity index (χ0n) is 11.7. The van der Waals surface area contributed by atoms with Gasteiger partial charge in [0.15, 0.2) is 5.76 Å². The van der Waals surface area contributed by atoms with Gasteiger partial charge >= 0.3 is 0 Å². The van der Waals surface area contributed by atoms with E-state index >= 15 is 0 Å². The molecule has 4 heteroatoms. The van der Waals surface area contributed by atoms with E-state index in [-0.39, 0.29) is 5.91 Å². The summed E-state index contributed by atoms with van der Waals surface area (Å²) in [6.07, 6.45) is 0. The summed E-state index contributed by atoms with van der Waals surface area (Å²) in [4.78, 5) is 14.0. The number of rotatable bonds is 3. The van der Waals surface area contributed by atoms with Crippen molar-refractivity contribution in [1.29, 1.82) is 0 Å². The smallest absolute Gasteiger partial charge is 0.293 e. The number of fused-ring (bicyclic) bond motifs is 1. The first-order valence-electron chi connectivity index (χ1n) is 6.74. The molecule has 0 fully saturated rings. The zero-order chi connectivity index (χ0) is 14.8. The number of furan rings is 1. The van der Waals surface area contributed by atoms with Crippen LogP contribution in [0.3, 0.4) is 0 Å². The molecule has 3 aromatic rings. The topological polar surface area (TPSA) is 59.5 Å². The Kier molecular flexibility index (Phi) is 3.46. The monoisotopic (exact) mass is 280 g/mol. The molecule has 1 amide bonds. The van der Waals surface area contributed by atoms with Crippen LogP contribution in [0.1, 0.15) is 16.1 Å². The third kappa shape index (κ3) is 2.53. The van der Waals surface area contributed by atoms with Crippen LogP contribution in [-0.2, 0) is 6.54 Å². The van der Waals surface area contributed by atoms with Gasteiger partial charge in [0, 0.05) is 24.7 Å². The van der Waals surface area contributed by atoms with E-state index < -0.39 is 0 Å². The van der Waals surface area contributed by atoms with Crippen LogP contribution in [0.15, 0.2) is 59.0 Å². The van der Waals surface area contributed by atoms with Gasteiger partial charge in [-0.3, -0.25) is 4.79 Å². The largest absolute Gasteiger partial charge is 0.451 e. The van der Waals surface area contributed by atoms with Crippen LogP contribution < -0.4 is 10.6 Å². The van der Waals surface area contributed by atoms with E-state index in [1.807, 2.05) is 48.5 Å². The first kappa shape index (κ1) is 13.4. The lowest BCUT2D eigenvalue weighted by Gasteiger charge is -2.16. The van der Waals surface area contributed by atoms with Gasteiger partial charge in [0.1, 0.15) is 5.58 Å². The lowest BCUT2D eigenvalue weighted by molar-refractivity contribution is 0.0968. The van der Waals surface area contributed by atoms with E-state index in [1.165, 1.54) is 0 Å². The molecular weight excluding hydrogens is 264 g/mol. The summed E-state index contributed by atoms with van der Waals surface area (Å²) in [5.41, 5.74) is 8.12. The Hall–Kier alpha value is -2.59. The van der Waals surface area contributed by atoms with Crippen LogP contribution in [0.4, 0.5) is 5.69 Å². The molecular formula is C17H16N2O2. The molecule has 0 spiro atoms.